The van der Waals surface area contributed by atoms with Gasteiger partial charge >= 0.3 is 0 Å². The molecule has 1 nitrogen and oxygen atoms in total. The van der Waals surface area contributed by atoms with Crippen LogP contribution in [0.4, 0.5) is 0 Å². The quantitative estimate of drug-likeness (QED) is 0.507. The molecule has 0 amide bonds. The summed E-state index contributed by atoms with van der Waals surface area (Å²) in [4.78, 5) is 0. The molecule has 0 aliphatic rings. The Hall–Kier alpha value is -0.860. The Bertz CT molecular complexity index is 439. The van der Waals surface area contributed by atoms with Crippen molar-refractivity contribution in [3.63, 3.8) is 0 Å². The lowest BCUT2D eigenvalue weighted by Gasteiger charge is -2.03. The van der Waals surface area contributed by atoms with E-state index in [0.29, 0.717) is 0 Å². The van der Waals surface area contributed by atoms with E-state index in [-0.39, 0.29) is 0 Å². The molecular weight excluding hydrogens is 250 g/mol. The fourth-order valence-corrected chi connectivity index (χ4v) is 1.97. The number of benzene rings is 2. The van der Waals surface area contributed by atoms with E-state index in [1.165, 1.54) is 16.3 Å². The Balaban J connectivity index is 2.16. The molecule has 2 heteroatoms. The zero-order valence-corrected chi connectivity index (χ0v) is 10.1. The summed E-state index contributed by atoms with van der Waals surface area (Å²) in [6.07, 6.45) is 1.08. The summed E-state index contributed by atoms with van der Waals surface area (Å²) in [6, 6.07) is 15.1. The summed E-state index contributed by atoms with van der Waals surface area (Å²) in [5.41, 5.74) is 2.25. The fourth-order valence-electron chi connectivity index (χ4n) is 1.69. The van der Waals surface area contributed by atoms with Gasteiger partial charge in [-0.1, -0.05) is 58.4 Å². The van der Waals surface area contributed by atoms with Crippen molar-refractivity contribution in [1.82, 2.24) is 5.32 Å². The van der Waals surface area contributed by atoms with E-state index in [1.807, 2.05) is 0 Å². The number of hydrogen-bond acceptors (Lipinski definition) is 1. The van der Waals surface area contributed by atoms with Crippen molar-refractivity contribution in [3.05, 3.63) is 48.0 Å². The molecule has 0 unspecified atom stereocenters. The first kappa shape index (κ1) is 10.7. The normalized spacial score (nSPS) is 10.7. The topological polar surface area (TPSA) is 12.0 Å². The maximum absolute atomic E-state index is 3.35. The highest BCUT2D eigenvalue weighted by molar-refractivity contribution is 9.09. The summed E-state index contributed by atoms with van der Waals surface area (Å²) in [7, 11) is 0. The zero-order chi connectivity index (χ0) is 10.5. The van der Waals surface area contributed by atoms with Crippen LogP contribution in [0.5, 0.6) is 0 Å². The maximum Gasteiger partial charge on any atom is 0.0517 e. The largest absolute Gasteiger partial charge is 0.307 e. The lowest BCUT2D eigenvalue weighted by Crippen LogP contribution is -2.14. The Morgan fingerprint density at radius 1 is 1.00 bits per heavy atom. The zero-order valence-electron chi connectivity index (χ0n) is 8.54. The molecule has 0 radical (unpaired) electrons. The monoisotopic (exact) mass is 263 g/mol. The fraction of sp³-hybridized carbons (Fsp3) is 0.231. The first-order chi connectivity index (χ1) is 7.40. The lowest BCUT2D eigenvalue weighted by molar-refractivity contribution is 0.779. The van der Waals surface area contributed by atoms with Gasteiger partial charge in [0, 0.05) is 0 Å². The molecule has 0 atom stereocenters. The number of fused-ring (bicyclic) bond motifs is 1. The third-order valence-corrected chi connectivity index (χ3v) is 2.90. The standard InChI is InChI=1S/C13H14BrN/c14-10-15-8-7-11-5-6-12-3-1-2-4-13(12)9-11/h1-6,9,15H,7-8,10H2. The molecule has 0 saturated heterocycles. The van der Waals surface area contributed by atoms with E-state index in [2.05, 4.69) is 63.7 Å². The van der Waals surface area contributed by atoms with E-state index in [9.17, 15) is 0 Å². The highest BCUT2D eigenvalue weighted by Gasteiger charge is 1.95. The van der Waals surface area contributed by atoms with Crippen LogP contribution in [0.15, 0.2) is 42.5 Å². The van der Waals surface area contributed by atoms with Gasteiger partial charge in [-0.25, -0.2) is 0 Å². The van der Waals surface area contributed by atoms with Crippen molar-refractivity contribution in [2.45, 2.75) is 6.42 Å². The first-order valence-corrected chi connectivity index (χ1v) is 6.26. The van der Waals surface area contributed by atoms with Gasteiger partial charge in [-0.3, -0.25) is 0 Å². The SMILES string of the molecule is BrCNCCc1ccc2ccccc2c1. The van der Waals surface area contributed by atoms with Crippen LogP contribution in [0.25, 0.3) is 10.8 Å². The van der Waals surface area contributed by atoms with Crippen LogP contribution in [0.1, 0.15) is 5.56 Å². The van der Waals surface area contributed by atoms with Crippen molar-refractivity contribution in [2.75, 3.05) is 12.0 Å². The van der Waals surface area contributed by atoms with Gasteiger partial charge in [0.25, 0.3) is 0 Å². The summed E-state index contributed by atoms with van der Waals surface area (Å²) < 4.78 is 0. The van der Waals surface area contributed by atoms with Crippen LogP contribution in [0.3, 0.4) is 0 Å². The smallest absolute Gasteiger partial charge is 0.0517 e. The second-order valence-electron chi connectivity index (χ2n) is 3.57. The van der Waals surface area contributed by atoms with E-state index >= 15 is 0 Å². The molecule has 0 fully saturated rings. The Kier molecular flexibility index (Phi) is 3.75. The van der Waals surface area contributed by atoms with E-state index < -0.39 is 0 Å². The van der Waals surface area contributed by atoms with E-state index in [0.717, 1.165) is 18.4 Å². The molecule has 2 aromatic rings. The molecule has 0 saturated carbocycles. The van der Waals surface area contributed by atoms with Gasteiger partial charge in [0.2, 0.25) is 0 Å². The molecule has 78 valence electrons. The van der Waals surface area contributed by atoms with Gasteiger partial charge < -0.3 is 5.32 Å². The number of alkyl halides is 1. The minimum atomic E-state index is 0.862. The summed E-state index contributed by atoms with van der Waals surface area (Å²) in [5, 5.41) is 5.90. The number of rotatable bonds is 4. The van der Waals surface area contributed by atoms with Crippen molar-refractivity contribution in [2.24, 2.45) is 0 Å². The molecule has 2 rings (SSSR count). The van der Waals surface area contributed by atoms with Gasteiger partial charge in [0.15, 0.2) is 0 Å². The van der Waals surface area contributed by atoms with Crippen LogP contribution in [-0.4, -0.2) is 12.0 Å². The Morgan fingerprint density at radius 3 is 2.60 bits per heavy atom. The average molecular weight is 264 g/mol. The van der Waals surface area contributed by atoms with Crippen LogP contribution < -0.4 is 5.32 Å². The number of halogens is 1. The molecule has 15 heavy (non-hydrogen) atoms. The van der Waals surface area contributed by atoms with Crippen LogP contribution in [-0.2, 0) is 6.42 Å². The van der Waals surface area contributed by atoms with E-state index in [4.69, 9.17) is 0 Å². The highest BCUT2D eigenvalue weighted by Crippen LogP contribution is 2.15. The van der Waals surface area contributed by atoms with Crippen molar-refractivity contribution in [3.8, 4) is 0 Å². The third kappa shape index (κ3) is 2.80. The van der Waals surface area contributed by atoms with Crippen molar-refractivity contribution in [1.29, 1.82) is 0 Å². The van der Waals surface area contributed by atoms with Gasteiger partial charge in [0.1, 0.15) is 0 Å². The van der Waals surface area contributed by atoms with Gasteiger partial charge in [0.05, 0.1) is 5.45 Å². The predicted octanol–water partition coefficient (Wildman–Crippen LogP) is 3.32. The minimum Gasteiger partial charge on any atom is -0.307 e. The van der Waals surface area contributed by atoms with Crippen molar-refractivity contribution >= 4 is 26.7 Å². The molecule has 0 aromatic heterocycles. The summed E-state index contributed by atoms with van der Waals surface area (Å²) >= 11 is 3.35. The average Bonchev–Trinajstić information content (AvgIpc) is 2.29. The first-order valence-electron chi connectivity index (χ1n) is 5.14. The maximum atomic E-state index is 3.35. The Labute approximate surface area is 98.6 Å². The molecule has 2 aromatic carbocycles. The summed E-state index contributed by atoms with van der Waals surface area (Å²) in [6.45, 7) is 1.02. The second kappa shape index (κ2) is 5.29. The van der Waals surface area contributed by atoms with Crippen LogP contribution in [0, 0.1) is 0 Å². The lowest BCUT2D eigenvalue weighted by atomic mass is 10.1. The Morgan fingerprint density at radius 2 is 1.80 bits per heavy atom. The molecule has 0 heterocycles. The number of hydrogen-bond donors (Lipinski definition) is 1. The summed E-state index contributed by atoms with van der Waals surface area (Å²) in [5.74, 6) is 0. The molecule has 0 spiro atoms. The van der Waals surface area contributed by atoms with Gasteiger partial charge in [-0.2, -0.15) is 0 Å². The third-order valence-electron chi connectivity index (χ3n) is 2.50. The van der Waals surface area contributed by atoms with E-state index in [1.54, 1.807) is 0 Å². The van der Waals surface area contributed by atoms with Crippen LogP contribution >= 0.6 is 15.9 Å². The molecule has 0 aliphatic carbocycles. The molecule has 0 aliphatic heterocycles. The van der Waals surface area contributed by atoms with Gasteiger partial charge in [-0.15, -0.1) is 0 Å². The molecule has 1 N–H and O–H groups in total. The number of nitrogens with one attached hydrogen (secondary N) is 1. The molecule has 0 bridgehead atoms. The second-order valence-corrected chi connectivity index (χ2v) is 4.13. The highest BCUT2D eigenvalue weighted by atomic mass is 79.9. The van der Waals surface area contributed by atoms with Crippen LogP contribution in [0.2, 0.25) is 0 Å². The molecular formula is C13H14BrN. The van der Waals surface area contributed by atoms with Crippen molar-refractivity contribution < 1.29 is 0 Å². The van der Waals surface area contributed by atoms with Gasteiger partial charge in [-0.05, 0) is 29.3 Å². The minimum absolute atomic E-state index is 0.862. The predicted molar refractivity (Wildman–Crippen MR) is 69.4 cm³/mol.